The number of rotatable bonds is 11. The molecule has 114 valence electrons. The predicted molar refractivity (Wildman–Crippen MR) is 75.2 cm³/mol. The summed E-state index contributed by atoms with van der Waals surface area (Å²) in [5, 5.41) is 9.39. The van der Waals surface area contributed by atoms with Crippen LogP contribution in [0.15, 0.2) is 0 Å². The van der Waals surface area contributed by atoms with Gasteiger partial charge in [0.2, 0.25) is 0 Å². The number of hydrogen-bond acceptors (Lipinski definition) is 6. The first-order valence-electron chi connectivity index (χ1n) is 6.67. The molecule has 0 bridgehead atoms. The Labute approximate surface area is 119 Å². The summed E-state index contributed by atoms with van der Waals surface area (Å²) in [6.45, 7) is 2.34. The zero-order valence-electron chi connectivity index (χ0n) is 11.9. The zero-order valence-corrected chi connectivity index (χ0v) is 12.7. The maximum atomic E-state index is 9.39. The lowest BCUT2D eigenvalue weighted by Gasteiger charge is -2.16. The van der Waals surface area contributed by atoms with Crippen molar-refractivity contribution in [2.75, 3.05) is 52.5 Å². The minimum absolute atomic E-state index is 0.169. The van der Waals surface area contributed by atoms with Crippen LogP contribution in [0.25, 0.3) is 0 Å². The molecule has 1 aliphatic carbocycles. The molecule has 0 spiro atoms. The molecule has 0 aromatic heterocycles. The summed E-state index contributed by atoms with van der Waals surface area (Å²) in [4.78, 5) is 0. The molecular formula is C13H26O5S. The van der Waals surface area contributed by atoms with Gasteiger partial charge in [0.25, 0.3) is 0 Å². The van der Waals surface area contributed by atoms with E-state index in [4.69, 9.17) is 18.9 Å². The van der Waals surface area contributed by atoms with Gasteiger partial charge in [-0.1, -0.05) is 0 Å². The largest absolute Gasteiger partial charge is 0.396 e. The molecule has 6 heteroatoms. The van der Waals surface area contributed by atoms with Crippen molar-refractivity contribution in [1.29, 1.82) is 0 Å². The summed E-state index contributed by atoms with van der Waals surface area (Å²) < 4.78 is 21.4. The number of ether oxygens (including phenoxy) is 4. The van der Waals surface area contributed by atoms with E-state index < -0.39 is 0 Å². The number of methoxy groups -OCH3 is 1. The quantitative estimate of drug-likeness (QED) is 0.458. The molecule has 1 N–H and O–H groups in total. The molecule has 0 heterocycles. The van der Waals surface area contributed by atoms with Crippen LogP contribution >= 0.6 is 11.8 Å². The summed E-state index contributed by atoms with van der Waals surface area (Å²) in [7, 11) is 1.65. The van der Waals surface area contributed by atoms with E-state index in [1.807, 2.05) is 6.26 Å². The van der Waals surface area contributed by atoms with E-state index >= 15 is 0 Å². The summed E-state index contributed by atoms with van der Waals surface area (Å²) in [6, 6.07) is 0. The minimum atomic E-state index is 0.169. The third kappa shape index (κ3) is 6.92. The van der Waals surface area contributed by atoms with Crippen LogP contribution in [0.3, 0.4) is 0 Å². The highest BCUT2D eigenvalue weighted by atomic mass is 32.2. The Balaban J connectivity index is 2.15. The number of thioether (sulfide) groups is 1. The lowest BCUT2D eigenvalue weighted by molar-refractivity contribution is -0.0971. The van der Waals surface area contributed by atoms with E-state index in [0.29, 0.717) is 38.5 Å². The molecule has 1 fully saturated rings. The summed E-state index contributed by atoms with van der Waals surface area (Å²) in [6.07, 6.45) is 4.01. The highest BCUT2D eigenvalue weighted by Gasteiger charge is 2.34. The van der Waals surface area contributed by atoms with Gasteiger partial charge in [0.1, 0.15) is 6.79 Å². The van der Waals surface area contributed by atoms with E-state index in [1.165, 1.54) is 0 Å². The lowest BCUT2D eigenvalue weighted by Crippen LogP contribution is -2.17. The van der Waals surface area contributed by atoms with Gasteiger partial charge >= 0.3 is 0 Å². The Kier molecular flexibility index (Phi) is 9.85. The molecule has 19 heavy (non-hydrogen) atoms. The van der Waals surface area contributed by atoms with Crippen molar-refractivity contribution < 1.29 is 24.1 Å². The van der Waals surface area contributed by atoms with Crippen LogP contribution in [0.4, 0.5) is 0 Å². The van der Waals surface area contributed by atoms with Crippen molar-refractivity contribution in [2.45, 2.75) is 18.9 Å². The van der Waals surface area contributed by atoms with Crippen LogP contribution in [0.5, 0.6) is 0 Å². The molecule has 0 unspecified atom stereocenters. The fourth-order valence-electron chi connectivity index (χ4n) is 2.35. The Morgan fingerprint density at radius 2 is 1.95 bits per heavy atom. The molecule has 5 nitrogen and oxygen atoms in total. The van der Waals surface area contributed by atoms with E-state index in [-0.39, 0.29) is 18.6 Å². The molecule has 0 saturated heterocycles. The summed E-state index contributed by atoms with van der Waals surface area (Å²) in [5.41, 5.74) is 0. The van der Waals surface area contributed by atoms with Gasteiger partial charge < -0.3 is 24.1 Å². The van der Waals surface area contributed by atoms with Crippen molar-refractivity contribution in [3.05, 3.63) is 0 Å². The highest BCUT2D eigenvalue weighted by molar-refractivity contribution is 7.98. The smallest absolute Gasteiger partial charge is 0.147 e. The predicted octanol–water partition coefficient (Wildman–Crippen LogP) is 1.35. The van der Waals surface area contributed by atoms with Gasteiger partial charge in [0.15, 0.2) is 0 Å². The third-order valence-electron chi connectivity index (χ3n) is 3.38. The molecule has 1 aliphatic rings. The second kappa shape index (κ2) is 10.9. The first kappa shape index (κ1) is 17.2. The van der Waals surface area contributed by atoms with E-state index in [9.17, 15) is 5.11 Å². The summed E-state index contributed by atoms with van der Waals surface area (Å²) >= 11 is 1.67. The maximum Gasteiger partial charge on any atom is 0.147 e. The average Bonchev–Trinajstić information content (AvgIpc) is 2.81. The van der Waals surface area contributed by atoms with Crippen molar-refractivity contribution in [2.24, 2.45) is 11.8 Å². The fourth-order valence-corrected chi connectivity index (χ4v) is 2.61. The van der Waals surface area contributed by atoms with Gasteiger partial charge in [-0.15, -0.1) is 11.8 Å². The molecular weight excluding hydrogens is 268 g/mol. The minimum Gasteiger partial charge on any atom is -0.396 e. The molecule has 3 atom stereocenters. The first-order chi connectivity index (χ1) is 9.31. The van der Waals surface area contributed by atoms with Crippen LogP contribution < -0.4 is 0 Å². The Bertz CT molecular complexity index is 217. The Hall–Kier alpha value is 0.150. The summed E-state index contributed by atoms with van der Waals surface area (Å²) in [5.74, 6) is 1.38. The normalized spacial score (nSPS) is 27.0. The van der Waals surface area contributed by atoms with Crippen molar-refractivity contribution in [3.8, 4) is 0 Å². The first-order valence-corrected chi connectivity index (χ1v) is 8.07. The maximum absolute atomic E-state index is 9.39. The average molecular weight is 294 g/mol. The van der Waals surface area contributed by atoms with E-state index in [2.05, 4.69) is 0 Å². The monoisotopic (exact) mass is 294 g/mol. The molecule has 0 aliphatic heterocycles. The topological polar surface area (TPSA) is 57.2 Å². The number of aliphatic hydroxyl groups is 1. The zero-order chi connectivity index (χ0) is 13.9. The molecule has 0 aromatic carbocycles. The molecule has 0 radical (unpaired) electrons. The SMILES string of the molecule is COCCOCO[C@H]1C[C@@H](CO)[C@H](COCSC)C1. The fraction of sp³-hybridized carbons (Fsp3) is 1.00. The standard InChI is InChI=1S/C13H26O5S/c1-15-3-4-16-9-18-13-5-11(7-14)12(6-13)8-17-10-19-2/h11-14H,3-10H2,1-2H3/t11-,12-,13-/m0/s1. The van der Waals surface area contributed by atoms with Gasteiger partial charge in [0, 0.05) is 13.7 Å². The van der Waals surface area contributed by atoms with Gasteiger partial charge in [0.05, 0.1) is 31.9 Å². The van der Waals surface area contributed by atoms with Gasteiger partial charge in [-0.25, -0.2) is 0 Å². The number of hydrogen-bond donors (Lipinski definition) is 1. The van der Waals surface area contributed by atoms with Crippen LogP contribution in [-0.2, 0) is 18.9 Å². The third-order valence-corrected chi connectivity index (χ3v) is 3.79. The van der Waals surface area contributed by atoms with Gasteiger partial charge in [-0.2, -0.15) is 0 Å². The van der Waals surface area contributed by atoms with Crippen LogP contribution in [0.2, 0.25) is 0 Å². The van der Waals surface area contributed by atoms with Crippen molar-refractivity contribution in [1.82, 2.24) is 0 Å². The molecule has 1 saturated carbocycles. The van der Waals surface area contributed by atoms with E-state index in [0.717, 1.165) is 12.8 Å². The second-order valence-electron chi connectivity index (χ2n) is 4.76. The molecule has 0 aromatic rings. The Morgan fingerprint density at radius 1 is 1.16 bits per heavy atom. The van der Waals surface area contributed by atoms with Gasteiger partial charge in [-0.3, -0.25) is 0 Å². The number of aliphatic hydroxyl groups excluding tert-OH is 1. The highest BCUT2D eigenvalue weighted by Crippen LogP contribution is 2.33. The van der Waals surface area contributed by atoms with Gasteiger partial charge in [-0.05, 0) is 30.9 Å². The van der Waals surface area contributed by atoms with Crippen LogP contribution in [0.1, 0.15) is 12.8 Å². The second-order valence-corrected chi connectivity index (χ2v) is 5.57. The molecule has 0 amide bonds. The van der Waals surface area contributed by atoms with Crippen LogP contribution in [-0.4, -0.2) is 63.7 Å². The van der Waals surface area contributed by atoms with E-state index in [1.54, 1.807) is 18.9 Å². The van der Waals surface area contributed by atoms with Crippen molar-refractivity contribution in [3.63, 3.8) is 0 Å². The Morgan fingerprint density at radius 3 is 2.63 bits per heavy atom. The molecule has 1 rings (SSSR count). The lowest BCUT2D eigenvalue weighted by atomic mass is 9.98. The van der Waals surface area contributed by atoms with Crippen LogP contribution in [0, 0.1) is 11.8 Å². The van der Waals surface area contributed by atoms with Crippen molar-refractivity contribution >= 4 is 11.8 Å².